The van der Waals surface area contributed by atoms with Gasteiger partial charge in [0.25, 0.3) is 0 Å². The summed E-state index contributed by atoms with van der Waals surface area (Å²) in [6, 6.07) is 2.09. The molecule has 1 aromatic rings. The molecule has 0 fully saturated rings. The summed E-state index contributed by atoms with van der Waals surface area (Å²) in [5, 5.41) is 3.23. The summed E-state index contributed by atoms with van der Waals surface area (Å²) in [6.45, 7) is 1.90. The van der Waals surface area contributed by atoms with Crippen LogP contribution in [0, 0.1) is 0 Å². The summed E-state index contributed by atoms with van der Waals surface area (Å²) >= 11 is 5.49. The summed E-state index contributed by atoms with van der Waals surface area (Å²) < 4.78 is 0. The molecule has 0 spiro atoms. The predicted molar refractivity (Wildman–Crippen MR) is 48.1 cm³/mol. The van der Waals surface area contributed by atoms with Gasteiger partial charge >= 0.3 is 0 Å². The standard InChI is InChI=1S/C8H13ClN2/c9-3-6-10-4-1-8-2-5-11-7-8/h2,5,7,10-11H,1,3-4,6H2. The minimum atomic E-state index is 0.688. The molecule has 62 valence electrons. The highest BCUT2D eigenvalue weighted by Crippen LogP contribution is 1.95. The minimum absolute atomic E-state index is 0.688. The smallest absolute Gasteiger partial charge is 0.0348 e. The molecular formula is C8H13ClN2. The Bertz CT molecular complexity index is 172. The minimum Gasteiger partial charge on any atom is -0.367 e. The van der Waals surface area contributed by atoms with Crippen molar-refractivity contribution in [1.82, 2.24) is 10.3 Å². The lowest BCUT2D eigenvalue weighted by atomic mass is 10.2. The van der Waals surface area contributed by atoms with Gasteiger partial charge in [-0.3, -0.25) is 0 Å². The summed E-state index contributed by atoms with van der Waals surface area (Å²) in [5.74, 6) is 0.688. The quantitative estimate of drug-likeness (QED) is 0.510. The van der Waals surface area contributed by atoms with E-state index in [0.29, 0.717) is 5.88 Å². The van der Waals surface area contributed by atoms with Crippen molar-refractivity contribution < 1.29 is 0 Å². The number of nitrogens with one attached hydrogen (secondary N) is 2. The van der Waals surface area contributed by atoms with Gasteiger partial charge in [-0.25, -0.2) is 0 Å². The lowest BCUT2D eigenvalue weighted by Gasteiger charge is -1.99. The zero-order valence-corrected chi connectivity index (χ0v) is 7.19. The maximum atomic E-state index is 5.49. The van der Waals surface area contributed by atoms with E-state index in [2.05, 4.69) is 16.4 Å². The Morgan fingerprint density at radius 1 is 1.45 bits per heavy atom. The monoisotopic (exact) mass is 172 g/mol. The highest BCUT2D eigenvalue weighted by atomic mass is 35.5. The second kappa shape index (κ2) is 5.22. The lowest BCUT2D eigenvalue weighted by Crippen LogP contribution is -2.19. The fourth-order valence-corrected chi connectivity index (χ4v) is 1.07. The van der Waals surface area contributed by atoms with E-state index in [-0.39, 0.29) is 0 Å². The molecule has 0 radical (unpaired) electrons. The second-order valence-corrected chi connectivity index (χ2v) is 2.79. The maximum Gasteiger partial charge on any atom is 0.0348 e. The molecule has 0 saturated carbocycles. The van der Waals surface area contributed by atoms with Crippen LogP contribution in [0.3, 0.4) is 0 Å². The fraction of sp³-hybridized carbons (Fsp3) is 0.500. The van der Waals surface area contributed by atoms with E-state index in [0.717, 1.165) is 19.5 Å². The second-order valence-electron chi connectivity index (χ2n) is 2.41. The average Bonchev–Trinajstić information content (AvgIpc) is 2.50. The van der Waals surface area contributed by atoms with E-state index in [4.69, 9.17) is 11.6 Å². The maximum absolute atomic E-state index is 5.49. The third-order valence-electron chi connectivity index (χ3n) is 1.52. The summed E-state index contributed by atoms with van der Waals surface area (Å²) in [6.07, 6.45) is 5.03. The molecule has 0 atom stereocenters. The van der Waals surface area contributed by atoms with Crippen LogP contribution in [-0.4, -0.2) is 24.0 Å². The highest BCUT2D eigenvalue weighted by Gasteiger charge is 1.90. The van der Waals surface area contributed by atoms with Crippen LogP contribution in [0.4, 0.5) is 0 Å². The van der Waals surface area contributed by atoms with Gasteiger partial charge in [-0.1, -0.05) is 0 Å². The van der Waals surface area contributed by atoms with Crippen LogP contribution >= 0.6 is 11.6 Å². The van der Waals surface area contributed by atoms with E-state index >= 15 is 0 Å². The molecule has 0 aliphatic rings. The molecule has 2 nitrogen and oxygen atoms in total. The summed E-state index contributed by atoms with van der Waals surface area (Å²) in [7, 11) is 0. The van der Waals surface area contributed by atoms with E-state index < -0.39 is 0 Å². The molecule has 2 N–H and O–H groups in total. The molecule has 0 aromatic carbocycles. The SMILES string of the molecule is ClCCNCCc1cc[nH]c1. The van der Waals surface area contributed by atoms with Crippen LogP contribution in [0.1, 0.15) is 5.56 Å². The first-order valence-corrected chi connectivity index (χ1v) is 4.35. The van der Waals surface area contributed by atoms with Gasteiger partial charge in [0.2, 0.25) is 0 Å². The molecule has 0 aliphatic carbocycles. The van der Waals surface area contributed by atoms with Gasteiger partial charge < -0.3 is 10.3 Å². The zero-order valence-electron chi connectivity index (χ0n) is 6.44. The van der Waals surface area contributed by atoms with Crippen molar-refractivity contribution >= 4 is 11.6 Å². The highest BCUT2D eigenvalue weighted by molar-refractivity contribution is 6.18. The number of halogens is 1. The zero-order chi connectivity index (χ0) is 7.94. The Balaban J connectivity index is 2.04. The first-order chi connectivity index (χ1) is 5.43. The van der Waals surface area contributed by atoms with Gasteiger partial charge in [-0.2, -0.15) is 0 Å². The van der Waals surface area contributed by atoms with Gasteiger partial charge in [0.1, 0.15) is 0 Å². The van der Waals surface area contributed by atoms with Gasteiger partial charge in [-0.05, 0) is 24.6 Å². The van der Waals surface area contributed by atoms with Crippen molar-refractivity contribution in [2.45, 2.75) is 6.42 Å². The van der Waals surface area contributed by atoms with Crippen LogP contribution in [-0.2, 0) is 6.42 Å². The molecule has 1 aromatic heterocycles. The Labute approximate surface area is 72.0 Å². The lowest BCUT2D eigenvalue weighted by molar-refractivity contribution is 0.720. The Kier molecular flexibility index (Phi) is 4.09. The number of rotatable bonds is 5. The molecule has 1 heterocycles. The fourth-order valence-electron chi connectivity index (χ4n) is 0.938. The molecule has 3 heteroatoms. The number of H-pyrrole nitrogens is 1. The van der Waals surface area contributed by atoms with Gasteiger partial charge in [0, 0.05) is 24.8 Å². The Morgan fingerprint density at radius 2 is 2.36 bits per heavy atom. The largest absolute Gasteiger partial charge is 0.367 e. The van der Waals surface area contributed by atoms with E-state index in [9.17, 15) is 0 Å². The van der Waals surface area contributed by atoms with Crippen molar-refractivity contribution in [3.05, 3.63) is 24.0 Å². The molecule has 11 heavy (non-hydrogen) atoms. The molecule has 0 saturated heterocycles. The summed E-state index contributed by atoms with van der Waals surface area (Å²) in [4.78, 5) is 3.02. The number of hydrogen-bond donors (Lipinski definition) is 2. The van der Waals surface area contributed by atoms with Crippen LogP contribution in [0.5, 0.6) is 0 Å². The molecule has 0 aliphatic heterocycles. The Morgan fingerprint density at radius 3 is 3.00 bits per heavy atom. The molecule has 0 bridgehead atoms. The van der Waals surface area contributed by atoms with Gasteiger partial charge in [-0.15, -0.1) is 11.6 Å². The average molecular weight is 173 g/mol. The van der Waals surface area contributed by atoms with Crippen molar-refractivity contribution in [3.8, 4) is 0 Å². The van der Waals surface area contributed by atoms with Gasteiger partial charge in [0.15, 0.2) is 0 Å². The third kappa shape index (κ3) is 3.44. The van der Waals surface area contributed by atoms with E-state index in [1.807, 2.05) is 12.4 Å². The number of aromatic amines is 1. The third-order valence-corrected chi connectivity index (χ3v) is 1.71. The Hall–Kier alpha value is -0.470. The molecule has 0 amide bonds. The summed E-state index contributed by atoms with van der Waals surface area (Å²) in [5.41, 5.74) is 1.34. The first-order valence-electron chi connectivity index (χ1n) is 3.82. The molecule has 0 unspecified atom stereocenters. The van der Waals surface area contributed by atoms with Crippen molar-refractivity contribution in [3.63, 3.8) is 0 Å². The van der Waals surface area contributed by atoms with E-state index in [1.54, 1.807) is 0 Å². The number of hydrogen-bond acceptors (Lipinski definition) is 1. The normalized spacial score (nSPS) is 10.3. The topological polar surface area (TPSA) is 27.8 Å². The van der Waals surface area contributed by atoms with Crippen molar-refractivity contribution in [2.24, 2.45) is 0 Å². The van der Waals surface area contributed by atoms with Crippen molar-refractivity contribution in [2.75, 3.05) is 19.0 Å². The predicted octanol–water partition coefficient (Wildman–Crippen LogP) is 1.39. The van der Waals surface area contributed by atoms with Gasteiger partial charge in [0.05, 0.1) is 0 Å². The number of alkyl halides is 1. The molecule has 1 rings (SSSR count). The van der Waals surface area contributed by atoms with Crippen LogP contribution < -0.4 is 5.32 Å². The molecular weight excluding hydrogens is 160 g/mol. The van der Waals surface area contributed by atoms with Crippen LogP contribution in [0.2, 0.25) is 0 Å². The van der Waals surface area contributed by atoms with Crippen LogP contribution in [0.15, 0.2) is 18.5 Å². The van der Waals surface area contributed by atoms with E-state index in [1.165, 1.54) is 5.56 Å². The van der Waals surface area contributed by atoms with Crippen molar-refractivity contribution in [1.29, 1.82) is 0 Å². The first kappa shape index (κ1) is 8.62. The van der Waals surface area contributed by atoms with Crippen LogP contribution in [0.25, 0.3) is 0 Å². The number of aromatic nitrogens is 1.